The van der Waals surface area contributed by atoms with Crippen molar-refractivity contribution in [2.75, 3.05) is 13.2 Å². The quantitative estimate of drug-likeness (QED) is 0.808. The highest BCUT2D eigenvalue weighted by atomic mass is 79.9. The highest BCUT2D eigenvalue weighted by Crippen LogP contribution is 2.06. The van der Waals surface area contributed by atoms with Crippen LogP contribution in [0.25, 0.3) is 0 Å². The molecule has 0 saturated carbocycles. The van der Waals surface area contributed by atoms with Gasteiger partial charge in [0.05, 0.1) is 18.4 Å². The van der Waals surface area contributed by atoms with E-state index in [1.54, 1.807) is 0 Å². The maximum absolute atomic E-state index is 5.41. The summed E-state index contributed by atoms with van der Waals surface area (Å²) in [6.07, 6.45) is 2.11. The van der Waals surface area contributed by atoms with E-state index in [0.717, 1.165) is 29.9 Å². The molecule has 0 atom stereocenters. The Morgan fingerprint density at radius 3 is 2.87 bits per heavy atom. The average molecular weight is 273 g/mol. The van der Waals surface area contributed by atoms with Gasteiger partial charge in [0, 0.05) is 23.8 Å². The lowest BCUT2D eigenvalue weighted by Gasteiger charge is -2.08. The molecule has 0 fully saturated rings. The Morgan fingerprint density at radius 2 is 2.27 bits per heavy atom. The first-order valence-electron chi connectivity index (χ1n) is 5.11. The SMILES string of the molecule is CC(C)OCCNCc1ccc(Br)cn1. The molecule has 1 aromatic heterocycles. The standard InChI is InChI=1S/C11H17BrN2O/c1-9(2)15-6-5-13-8-11-4-3-10(12)7-14-11/h3-4,7,9,13H,5-6,8H2,1-2H3. The Labute approximate surface area is 99.4 Å². The third-order valence-corrected chi connectivity index (χ3v) is 2.29. The molecule has 1 heterocycles. The zero-order valence-electron chi connectivity index (χ0n) is 9.16. The molecule has 0 aliphatic carbocycles. The molecule has 1 N–H and O–H groups in total. The second-order valence-corrected chi connectivity index (χ2v) is 4.48. The van der Waals surface area contributed by atoms with E-state index in [-0.39, 0.29) is 0 Å². The Kier molecular flexibility index (Phi) is 5.83. The number of halogens is 1. The predicted molar refractivity (Wildman–Crippen MR) is 64.7 cm³/mol. The topological polar surface area (TPSA) is 34.1 Å². The first-order chi connectivity index (χ1) is 7.18. The number of hydrogen-bond acceptors (Lipinski definition) is 3. The van der Waals surface area contributed by atoms with E-state index in [4.69, 9.17) is 4.74 Å². The van der Waals surface area contributed by atoms with E-state index in [0.29, 0.717) is 6.10 Å². The van der Waals surface area contributed by atoms with Crippen molar-refractivity contribution in [3.63, 3.8) is 0 Å². The van der Waals surface area contributed by atoms with Gasteiger partial charge in [0.25, 0.3) is 0 Å². The van der Waals surface area contributed by atoms with Crippen molar-refractivity contribution in [2.45, 2.75) is 26.5 Å². The van der Waals surface area contributed by atoms with E-state index in [1.807, 2.05) is 32.2 Å². The minimum atomic E-state index is 0.303. The Hall–Kier alpha value is -0.450. The Balaban J connectivity index is 2.12. The first kappa shape index (κ1) is 12.6. The van der Waals surface area contributed by atoms with Gasteiger partial charge < -0.3 is 10.1 Å². The molecule has 0 aliphatic heterocycles. The van der Waals surface area contributed by atoms with Crippen LogP contribution in [0.1, 0.15) is 19.5 Å². The lowest BCUT2D eigenvalue weighted by molar-refractivity contribution is 0.0806. The molecular weight excluding hydrogens is 256 g/mol. The maximum Gasteiger partial charge on any atom is 0.0594 e. The van der Waals surface area contributed by atoms with E-state index in [9.17, 15) is 0 Å². The summed E-state index contributed by atoms with van der Waals surface area (Å²) >= 11 is 3.35. The first-order valence-corrected chi connectivity index (χ1v) is 5.90. The van der Waals surface area contributed by atoms with Gasteiger partial charge in [-0.15, -0.1) is 0 Å². The molecule has 0 radical (unpaired) electrons. The normalized spacial score (nSPS) is 10.9. The van der Waals surface area contributed by atoms with Gasteiger partial charge in [0.15, 0.2) is 0 Å². The number of nitrogens with one attached hydrogen (secondary N) is 1. The van der Waals surface area contributed by atoms with E-state index in [1.165, 1.54) is 0 Å². The number of aromatic nitrogens is 1. The number of pyridine rings is 1. The van der Waals surface area contributed by atoms with Crippen LogP contribution in [0.3, 0.4) is 0 Å². The molecule has 1 aromatic rings. The van der Waals surface area contributed by atoms with Gasteiger partial charge >= 0.3 is 0 Å². The molecule has 0 bridgehead atoms. The van der Waals surface area contributed by atoms with Gasteiger partial charge in [-0.1, -0.05) is 0 Å². The van der Waals surface area contributed by atoms with Crippen molar-refractivity contribution in [1.82, 2.24) is 10.3 Å². The fourth-order valence-corrected chi connectivity index (χ4v) is 1.33. The highest BCUT2D eigenvalue weighted by molar-refractivity contribution is 9.10. The summed E-state index contributed by atoms with van der Waals surface area (Å²) in [6.45, 7) is 6.46. The fraction of sp³-hybridized carbons (Fsp3) is 0.545. The van der Waals surface area contributed by atoms with Crippen molar-refractivity contribution in [1.29, 1.82) is 0 Å². The van der Waals surface area contributed by atoms with Gasteiger partial charge in [-0.2, -0.15) is 0 Å². The summed E-state index contributed by atoms with van der Waals surface area (Å²) in [5.41, 5.74) is 1.04. The molecule has 4 heteroatoms. The van der Waals surface area contributed by atoms with Crippen molar-refractivity contribution in [3.8, 4) is 0 Å². The number of nitrogens with zero attached hydrogens (tertiary/aromatic N) is 1. The summed E-state index contributed by atoms with van der Waals surface area (Å²) in [5, 5.41) is 3.27. The zero-order valence-corrected chi connectivity index (χ0v) is 10.8. The second-order valence-electron chi connectivity index (χ2n) is 3.56. The minimum absolute atomic E-state index is 0.303. The monoisotopic (exact) mass is 272 g/mol. The fourth-order valence-electron chi connectivity index (χ4n) is 1.09. The summed E-state index contributed by atoms with van der Waals surface area (Å²) in [7, 11) is 0. The number of ether oxygens (including phenoxy) is 1. The summed E-state index contributed by atoms with van der Waals surface area (Å²) < 4.78 is 6.42. The van der Waals surface area contributed by atoms with Crippen LogP contribution in [0, 0.1) is 0 Å². The van der Waals surface area contributed by atoms with E-state index in [2.05, 4.69) is 26.2 Å². The number of hydrogen-bond donors (Lipinski definition) is 1. The lowest BCUT2D eigenvalue weighted by Crippen LogP contribution is -2.21. The largest absolute Gasteiger partial charge is 0.377 e. The molecule has 1 rings (SSSR count). The molecular formula is C11H17BrN2O. The highest BCUT2D eigenvalue weighted by Gasteiger charge is 1.95. The van der Waals surface area contributed by atoms with Crippen LogP contribution in [0.5, 0.6) is 0 Å². The molecule has 0 aliphatic rings. The van der Waals surface area contributed by atoms with E-state index >= 15 is 0 Å². The second kappa shape index (κ2) is 6.93. The third kappa shape index (κ3) is 5.87. The van der Waals surface area contributed by atoms with Crippen LogP contribution in [-0.4, -0.2) is 24.2 Å². The van der Waals surface area contributed by atoms with Crippen LogP contribution in [0.4, 0.5) is 0 Å². The average Bonchev–Trinajstić information content (AvgIpc) is 2.20. The lowest BCUT2D eigenvalue weighted by atomic mass is 10.3. The number of rotatable bonds is 6. The van der Waals surface area contributed by atoms with Crippen LogP contribution in [-0.2, 0) is 11.3 Å². The van der Waals surface area contributed by atoms with E-state index < -0.39 is 0 Å². The molecule has 15 heavy (non-hydrogen) atoms. The minimum Gasteiger partial charge on any atom is -0.377 e. The van der Waals surface area contributed by atoms with Crippen molar-refractivity contribution < 1.29 is 4.74 Å². The van der Waals surface area contributed by atoms with Crippen molar-refractivity contribution in [3.05, 3.63) is 28.5 Å². The van der Waals surface area contributed by atoms with Gasteiger partial charge in [-0.25, -0.2) is 0 Å². The van der Waals surface area contributed by atoms with Gasteiger partial charge in [-0.3, -0.25) is 4.98 Å². The van der Waals surface area contributed by atoms with Crippen LogP contribution in [0.15, 0.2) is 22.8 Å². The zero-order chi connectivity index (χ0) is 11.1. The smallest absolute Gasteiger partial charge is 0.0594 e. The molecule has 0 amide bonds. The third-order valence-electron chi connectivity index (χ3n) is 1.82. The molecule has 0 saturated heterocycles. The summed E-state index contributed by atoms with van der Waals surface area (Å²) in [5.74, 6) is 0. The van der Waals surface area contributed by atoms with Crippen LogP contribution in [0.2, 0.25) is 0 Å². The Morgan fingerprint density at radius 1 is 1.47 bits per heavy atom. The van der Waals surface area contributed by atoms with Crippen molar-refractivity contribution in [2.24, 2.45) is 0 Å². The van der Waals surface area contributed by atoms with Gasteiger partial charge in [0.1, 0.15) is 0 Å². The van der Waals surface area contributed by atoms with Gasteiger partial charge in [0.2, 0.25) is 0 Å². The summed E-state index contributed by atoms with van der Waals surface area (Å²) in [4.78, 5) is 4.26. The molecule has 84 valence electrons. The molecule has 0 aromatic carbocycles. The van der Waals surface area contributed by atoms with Crippen LogP contribution < -0.4 is 5.32 Å². The van der Waals surface area contributed by atoms with Crippen LogP contribution >= 0.6 is 15.9 Å². The Bertz CT molecular complexity index is 274. The summed E-state index contributed by atoms with van der Waals surface area (Å²) in [6, 6.07) is 4.00. The molecule has 0 spiro atoms. The maximum atomic E-state index is 5.41. The van der Waals surface area contributed by atoms with Crippen molar-refractivity contribution >= 4 is 15.9 Å². The van der Waals surface area contributed by atoms with Gasteiger partial charge in [-0.05, 0) is 41.9 Å². The predicted octanol–water partition coefficient (Wildman–Crippen LogP) is 2.36. The molecule has 3 nitrogen and oxygen atoms in total. The molecule has 0 unspecified atom stereocenters.